The van der Waals surface area contributed by atoms with Gasteiger partial charge in [0.1, 0.15) is 0 Å². The maximum absolute atomic E-state index is 2.76. The molecule has 82 valence electrons. The van der Waals surface area contributed by atoms with E-state index in [1.807, 2.05) is 0 Å². The molecule has 2 heterocycles. The Morgan fingerprint density at radius 3 is 2.36 bits per heavy atom. The zero-order valence-electron chi connectivity index (χ0n) is 10.4. The highest BCUT2D eigenvalue weighted by Crippen LogP contribution is 2.48. The maximum Gasteiger partial charge on any atom is 0.0189 e. The van der Waals surface area contributed by atoms with E-state index >= 15 is 0 Å². The molecule has 1 saturated carbocycles. The topological polar surface area (TPSA) is 3.24 Å². The molecule has 1 aliphatic carbocycles. The second kappa shape index (κ2) is 2.98. The molecule has 3 atom stereocenters. The van der Waals surface area contributed by atoms with Gasteiger partial charge in [-0.2, -0.15) is 0 Å². The van der Waals surface area contributed by atoms with E-state index in [0.29, 0.717) is 11.1 Å². The number of rotatable bonds is 0. The molecule has 2 bridgehead atoms. The fourth-order valence-corrected chi connectivity index (χ4v) is 3.80. The van der Waals surface area contributed by atoms with Crippen molar-refractivity contribution in [1.82, 2.24) is 4.90 Å². The summed E-state index contributed by atoms with van der Waals surface area (Å²) in [6.07, 6.45) is 4.29. The fraction of sp³-hybridized carbons (Fsp3) is 1.00. The highest BCUT2D eigenvalue weighted by Gasteiger charge is 2.49. The maximum atomic E-state index is 2.76. The number of fused-ring (bicyclic) bond motifs is 3. The molecule has 3 rings (SSSR count). The van der Waals surface area contributed by atoms with E-state index in [0.717, 1.165) is 11.8 Å². The monoisotopic (exact) mass is 195 g/mol. The van der Waals surface area contributed by atoms with E-state index in [9.17, 15) is 0 Å². The van der Waals surface area contributed by atoms with Crippen LogP contribution in [-0.4, -0.2) is 22.5 Å². The van der Waals surface area contributed by atoms with E-state index < -0.39 is 0 Å². The molecule has 1 unspecified atom stereocenters. The standard InChI is InChI=1S/C13H25N/c1-10-8-13(5)7-6-11(10)9-14(13)12(2,3)4/h10-11H,6-9H2,1-5H3/t10-,11?,13+/m0/s1. The van der Waals surface area contributed by atoms with Crippen LogP contribution in [0.3, 0.4) is 0 Å². The lowest BCUT2D eigenvalue weighted by Gasteiger charge is -2.60. The van der Waals surface area contributed by atoms with Crippen molar-refractivity contribution in [2.24, 2.45) is 11.8 Å². The van der Waals surface area contributed by atoms with Crippen LogP contribution in [-0.2, 0) is 0 Å². The molecular weight excluding hydrogens is 170 g/mol. The van der Waals surface area contributed by atoms with Crippen LogP contribution in [0.2, 0.25) is 0 Å². The number of nitrogens with zero attached hydrogens (tertiary/aromatic N) is 1. The average Bonchev–Trinajstić information content (AvgIpc) is 2.00. The van der Waals surface area contributed by atoms with Crippen molar-refractivity contribution in [3.63, 3.8) is 0 Å². The van der Waals surface area contributed by atoms with Gasteiger partial charge in [-0.05, 0) is 58.8 Å². The zero-order valence-corrected chi connectivity index (χ0v) is 10.4. The van der Waals surface area contributed by atoms with E-state index in [2.05, 4.69) is 39.5 Å². The van der Waals surface area contributed by atoms with Gasteiger partial charge in [-0.3, -0.25) is 4.90 Å². The van der Waals surface area contributed by atoms with Gasteiger partial charge in [0.15, 0.2) is 0 Å². The summed E-state index contributed by atoms with van der Waals surface area (Å²) in [6, 6.07) is 0. The van der Waals surface area contributed by atoms with Gasteiger partial charge in [0.2, 0.25) is 0 Å². The van der Waals surface area contributed by atoms with Gasteiger partial charge in [-0.15, -0.1) is 0 Å². The largest absolute Gasteiger partial charge is 0.293 e. The average molecular weight is 195 g/mol. The molecule has 2 saturated heterocycles. The van der Waals surface area contributed by atoms with Gasteiger partial charge in [0.25, 0.3) is 0 Å². The van der Waals surface area contributed by atoms with Crippen molar-refractivity contribution >= 4 is 0 Å². The molecule has 0 aromatic rings. The Labute approximate surface area is 88.9 Å². The van der Waals surface area contributed by atoms with E-state index in [1.54, 1.807) is 0 Å². The lowest BCUT2D eigenvalue weighted by atomic mass is 9.65. The Balaban J connectivity index is 2.23. The fourth-order valence-electron chi connectivity index (χ4n) is 3.80. The van der Waals surface area contributed by atoms with E-state index in [1.165, 1.54) is 25.8 Å². The molecule has 0 N–H and O–H groups in total. The third kappa shape index (κ3) is 1.50. The Morgan fingerprint density at radius 2 is 1.93 bits per heavy atom. The summed E-state index contributed by atoms with van der Waals surface area (Å²) in [5.41, 5.74) is 0.847. The van der Waals surface area contributed by atoms with Crippen LogP contribution in [0.5, 0.6) is 0 Å². The van der Waals surface area contributed by atoms with Crippen LogP contribution in [0.15, 0.2) is 0 Å². The first-order valence-electron chi connectivity index (χ1n) is 6.11. The predicted molar refractivity (Wildman–Crippen MR) is 61.4 cm³/mol. The van der Waals surface area contributed by atoms with E-state index in [4.69, 9.17) is 0 Å². The number of hydrogen-bond donors (Lipinski definition) is 0. The summed E-state index contributed by atoms with van der Waals surface area (Å²) >= 11 is 0. The van der Waals surface area contributed by atoms with Crippen molar-refractivity contribution in [1.29, 1.82) is 0 Å². The quantitative estimate of drug-likeness (QED) is 0.573. The molecule has 0 aromatic heterocycles. The van der Waals surface area contributed by atoms with Crippen LogP contribution in [0.4, 0.5) is 0 Å². The molecule has 1 nitrogen and oxygen atoms in total. The first-order valence-corrected chi connectivity index (χ1v) is 6.11. The second-order valence-electron chi connectivity index (χ2n) is 6.76. The summed E-state index contributed by atoms with van der Waals surface area (Å²) in [6.45, 7) is 13.4. The molecule has 0 amide bonds. The molecule has 3 fully saturated rings. The molecule has 14 heavy (non-hydrogen) atoms. The molecule has 0 radical (unpaired) electrons. The highest BCUT2D eigenvalue weighted by atomic mass is 15.3. The molecular formula is C13H25N. The van der Waals surface area contributed by atoms with Gasteiger partial charge >= 0.3 is 0 Å². The number of piperidine rings is 2. The van der Waals surface area contributed by atoms with Crippen molar-refractivity contribution in [2.75, 3.05) is 6.54 Å². The lowest BCUT2D eigenvalue weighted by Crippen LogP contribution is -2.64. The molecule has 0 aromatic carbocycles. The Morgan fingerprint density at radius 1 is 1.29 bits per heavy atom. The molecule has 2 aliphatic heterocycles. The summed E-state index contributed by atoms with van der Waals surface area (Å²) in [7, 11) is 0. The molecule has 0 spiro atoms. The second-order valence-corrected chi connectivity index (χ2v) is 6.76. The van der Waals surface area contributed by atoms with Crippen LogP contribution >= 0.6 is 0 Å². The van der Waals surface area contributed by atoms with Gasteiger partial charge in [0, 0.05) is 17.6 Å². The van der Waals surface area contributed by atoms with Crippen LogP contribution in [0, 0.1) is 11.8 Å². The SMILES string of the molecule is C[C@H]1C[C@@]2(C)CCC1CN2C(C)(C)C. The normalized spacial score (nSPS) is 44.4. The smallest absolute Gasteiger partial charge is 0.0189 e. The minimum atomic E-state index is 0.355. The minimum absolute atomic E-state index is 0.355. The van der Waals surface area contributed by atoms with Gasteiger partial charge in [0.05, 0.1) is 0 Å². The molecule has 1 heteroatoms. The Hall–Kier alpha value is -0.0400. The van der Waals surface area contributed by atoms with Gasteiger partial charge < -0.3 is 0 Å². The lowest BCUT2D eigenvalue weighted by molar-refractivity contribution is -0.100. The summed E-state index contributed by atoms with van der Waals surface area (Å²) in [5.74, 6) is 1.92. The van der Waals surface area contributed by atoms with E-state index in [-0.39, 0.29) is 0 Å². The Bertz CT molecular complexity index is 228. The van der Waals surface area contributed by atoms with Gasteiger partial charge in [-0.1, -0.05) is 6.92 Å². The summed E-state index contributed by atoms with van der Waals surface area (Å²) in [4.78, 5) is 2.76. The molecule has 3 aliphatic rings. The third-order valence-corrected chi connectivity index (χ3v) is 4.50. The highest BCUT2D eigenvalue weighted by molar-refractivity contribution is 5.04. The zero-order chi connectivity index (χ0) is 10.6. The minimum Gasteiger partial charge on any atom is -0.293 e. The summed E-state index contributed by atoms with van der Waals surface area (Å²) in [5, 5.41) is 0. The predicted octanol–water partition coefficient (Wildman–Crippen LogP) is 3.30. The van der Waals surface area contributed by atoms with Gasteiger partial charge in [-0.25, -0.2) is 0 Å². The van der Waals surface area contributed by atoms with Crippen LogP contribution in [0.25, 0.3) is 0 Å². The summed E-state index contributed by atoms with van der Waals surface area (Å²) < 4.78 is 0. The van der Waals surface area contributed by atoms with Crippen molar-refractivity contribution in [2.45, 2.75) is 65.0 Å². The van der Waals surface area contributed by atoms with Crippen molar-refractivity contribution in [3.05, 3.63) is 0 Å². The first kappa shape index (κ1) is 10.5. The van der Waals surface area contributed by atoms with Crippen molar-refractivity contribution < 1.29 is 0 Å². The van der Waals surface area contributed by atoms with Crippen molar-refractivity contribution in [3.8, 4) is 0 Å². The van der Waals surface area contributed by atoms with Crippen LogP contribution in [0.1, 0.15) is 53.9 Å². The van der Waals surface area contributed by atoms with Crippen LogP contribution < -0.4 is 0 Å². The Kier molecular flexibility index (Phi) is 2.23. The number of hydrogen-bond acceptors (Lipinski definition) is 1. The first-order chi connectivity index (χ1) is 6.33. The third-order valence-electron chi connectivity index (χ3n) is 4.50.